The fourth-order valence-electron chi connectivity index (χ4n) is 1.75. The van der Waals surface area contributed by atoms with Crippen LogP contribution in [0.2, 0.25) is 0 Å². The van der Waals surface area contributed by atoms with Crippen LogP contribution in [0.4, 0.5) is 0 Å². The summed E-state index contributed by atoms with van der Waals surface area (Å²) < 4.78 is 4.62. The first-order chi connectivity index (χ1) is 7.25. The average Bonchev–Trinajstić information content (AvgIpc) is 2.30. The second-order valence-electron chi connectivity index (χ2n) is 3.61. The van der Waals surface area contributed by atoms with E-state index in [1.807, 2.05) is 24.3 Å². The third-order valence-corrected chi connectivity index (χ3v) is 2.54. The molecule has 0 unspecified atom stereocenters. The van der Waals surface area contributed by atoms with Gasteiger partial charge in [0.15, 0.2) is 0 Å². The highest BCUT2D eigenvalue weighted by molar-refractivity contribution is 5.85. The predicted octanol–water partition coefficient (Wildman–Crippen LogP) is 1.64. The molecule has 1 aliphatic heterocycles. The molecule has 0 spiro atoms. The molecule has 78 valence electrons. The van der Waals surface area contributed by atoms with E-state index in [-0.39, 0.29) is 12.8 Å². The standard InChI is InChI=1S/C12H12O3/c13-11-7-5-9-3-1-2-4-10(9)6-8-12(14)15-11/h1-4H,5-8H2. The molecule has 15 heavy (non-hydrogen) atoms. The van der Waals surface area contributed by atoms with Gasteiger partial charge in [0, 0.05) is 0 Å². The van der Waals surface area contributed by atoms with Crippen molar-refractivity contribution in [2.75, 3.05) is 0 Å². The van der Waals surface area contributed by atoms with Gasteiger partial charge in [-0.05, 0) is 24.0 Å². The number of aryl methyl sites for hydroxylation is 2. The summed E-state index contributed by atoms with van der Waals surface area (Å²) in [6.07, 6.45) is 1.87. The van der Waals surface area contributed by atoms with E-state index < -0.39 is 11.9 Å². The minimum atomic E-state index is -0.420. The number of hydrogen-bond donors (Lipinski definition) is 0. The van der Waals surface area contributed by atoms with E-state index in [4.69, 9.17) is 0 Å². The van der Waals surface area contributed by atoms with Crippen molar-refractivity contribution in [2.24, 2.45) is 0 Å². The van der Waals surface area contributed by atoms with E-state index in [0.717, 1.165) is 11.1 Å². The maximum atomic E-state index is 11.2. The zero-order valence-electron chi connectivity index (χ0n) is 8.36. The highest BCUT2D eigenvalue weighted by Crippen LogP contribution is 2.15. The largest absolute Gasteiger partial charge is 0.393 e. The second-order valence-corrected chi connectivity index (χ2v) is 3.61. The molecular formula is C12H12O3. The Hall–Kier alpha value is -1.64. The average molecular weight is 204 g/mol. The van der Waals surface area contributed by atoms with E-state index >= 15 is 0 Å². The molecule has 1 aromatic rings. The number of cyclic esters (lactones) is 2. The number of esters is 2. The van der Waals surface area contributed by atoms with E-state index in [1.54, 1.807) is 0 Å². The minimum absolute atomic E-state index is 0.281. The summed E-state index contributed by atoms with van der Waals surface area (Å²) in [6.45, 7) is 0. The molecule has 3 nitrogen and oxygen atoms in total. The van der Waals surface area contributed by atoms with Gasteiger partial charge in [0.1, 0.15) is 0 Å². The quantitative estimate of drug-likeness (QED) is 0.476. The van der Waals surface area contributed by atoms with Crippen molar-refractivity contribution in [3.8, 4) is 0 Å². The molecule has 0 radical (unpaired) electrons. The van der Waals surface area contributed by atoms with Gasteiger partial charge in [0.25, 0.3) is 0 Å². The zero-order chi connectivity index (χ0) is 10.7. The SMILES string of the molecule is O=C1CCc2ccccc2CCC(=O)O1. The fourth-order valence-corrected chi connectivity index (χ4v) is 1.75. The van der Waals surface area contributed by atoms with E-state index in [0.29, 0.717) is 12.8 Å². The molecule has 1 aromatic carbocycles. The Morgan fingerprint density at radius 1 is 0.800 bits per heavy atom. The summed E-state index contributed by atoms with van der Waals surface area (Å²) in [7, 11) is 0. The molecule has 0 saturated heterocycles. The molecule has 0 fully saturated rings. The Labute approximate surface area is 88.1 Å². The second kappa shape index (κ2) is 4.26. The van der Waals surface area contributed by atoms with Crippen LogP contribution in [-0.4, -0.2) is 11.9 Å². The van der Waals surface area contributed by atoms with Gasteiger partial charge in [0.2, 0.25) is 0 Å². The molecular weight excluding hydrogens is 192 g/mol. The third kappa shape index (κ3) is 2.43. The maximum Gasteiger partial charge on any atom is 0.313 e. The van der Waals surface area contributed by atoms with Crippen LogP contribution in [0.25, 0.3) is 0 Å². The number of ether oxygens (including phenoxy) is 1. The van der Waals surface area contributed by atoms with E-state index in [1.165, 1.54) is 0 Å². The Bertz CT molecular complexity index is 359. The lowest BCUT2D eigenvalue weighted by atomic mass is 10.00. The highest BCUT2D eigenvalue weighted by Gasteiger charge is 2.15. The molecule has 0 atom stereocenters. The van der Waals surface area contributed by atoms with Gasteiger partial charge in [0.05, 0.1) is 12.8 Å². The summed E-state index contributed by atoms with van der Waals surface area (Å²) in [6, 6.07) is 7.89. The van der Waals surface area contributed by atoms with Gasteiger partial charge in [-0.1, -0.05) is 24.3 Å². The normalized spacial score (nSPS) is 17.1. The van der Waals surface area contributed by atoms with Crippen LogP contribution in [0.5, 0.6) is 0 Å². The Kier molecular flexibility index (Phi) is 2.81. The molecule has 1 heterocycles. The maximum absolute atomic E-state index is 11.2. The molecule has 0 N–H and O–H groups in total. The first kappa shape index (κ1) is 9.90. The first-order valence-corrected chi connectivity index (χ1v) is 5.06. The van der Waals surface area contributed by atoms with Crippen LogP contribution >= 0.6 is 0 Å². The van der Waals surface area contributed by atoms with Crippen LogP contribution in [0.3, 0.4) is 0 Å². The van der Waals surface area contributed by atoms with Crippen molar-refractivity contribution < 1.29 is 14.3 Å². The third-order valence-electron chi connectivity index (χ3n) is 2.54. The number of carbonyl (C=O) groups is 2. The van der Waals surface area contributed by atoms with Gasteiger partial charge in [-0.15, -0.1) is 0 Å². The molecule has 0 amide bonds. The van der Waals surface area contributed by atoms with Gasteiger partial charge >= 0.3 is 11.9 Å². The predicted molar refractivity (Wildman–Crippen MR) is 54.2 cm³/mol. The lowest BCUT2D eigenvalue weighted by Crippen LogP contribution is -2.11. The van der Waals surface area contributed by atoms with Crippen molar-refractivity contribution in [2.45, 2.75) is 25.7 Å². The highest BCUT2D eigenvalue weighted by atomic mass is 16.6. The summed E-state index contributed by atoms with van der Waals surface area (Å²) in [5, 5.41) is 0. The lowest BCUT2D eigenvalue weighted by Gasteiger charge is -2.04. The lowest BCUT2D eigenvalue weighted by molar-refractivity contribution is -0.159. The molecule has 0 saturated carbocycles. The van der Waals surface area contributed by atoms with E-state index in [2.05, 4.69) is 4.74 Å². The minimum Gasteiger partial charge on any atom is -0.393 e. The molecule has 2 rings (SSSR count). The van der Waals surface area contributed by atoms with Gasteiger partial charge in [-0.3, -0.25) is 9.59 Å². The smallest absolute Gasteiger partial charge is 0.313 e. The number of fused-ring (bicyclic) bond motifs is 1. The van der Waals surface area contributed by atoms with Crippen molar-refractivity contribution in [1.29, 1.82) is 0 Å². The Balaban J connectivity index is 2.25. The van der Waals surface area contributed by atoms with Gasteiger partial charge in [-0.2, -0.15) is 0 Å². The summed E-state index contributed by atoms with van der Waals surface area (Å²) in [4.78, 5) is 22.3. The van der Waals surface area contributed by atoms with Crippen molar-refractivity contribution in [1.82, 2.24) is 0 Å². The number of rotatable bonds is 0. The van der Waals surface area contributed by atoms with Crippen LogP contribution < -0.4 is 0 Å². The Morgan fingerprint density at radius 2 is 1.27 bits per heavy atom. The van der Waals surface area contributed by atoms with Crippen LogP contribution in [0.1, 0.15) is 24.0 Å². The summed E-state index contributed by atoms with van der Waals surface area (Å²) >= 11 is 0. The van der Waals surface area contributed by atoms with Gasteiger partial charge < -0.3 is 4.74 Å². The zero-order valence-corrected chi connectivity index (χ0v) is 8.36. The van der Waals surface area contributed by atoms with Crippen molar-refractivity contribution in [3.63, 3.8) is 0 Å². The van der Waals surface area contributed by atoms with Gasteiger partial charge in [-0.25, -0.2) is 0 Å². The summed E-state index contributed by atoms with van der Waals surface area (Å²) in [5.74, 6) is -0.839. The molecule has 1 aliphatic rings. The summed E-state index contributed by atoms with van der Waals surface area (Å²) in [5.41, 5.74) is 2.29. The van der Waals surface area contributed by atoms with Crippen LogP contribution in [-0.2, 0) is 27.2 Å². The van der Waals surface area contributed by atoms with E-state index in [9.17, 15) is 9.59 Å². The van der Waals surface area contributed by atoms with Crippen molar-refractivity contribution >= 4 is 11.9 Å². The molecule has 0 bridgehead atoms. The number of benzene rings is 1. The first-order valence-electron chi connectivity index (χ1n) is 5.06. The molecule has 3 heteroatoms. The monoisotopic (exact) mass is 204 g/mol. The van der Waals surface area contributed by atoms with Crippen LogP contribution in [0.15, 0.2) is 24.3 Å². The Morgan fingerprint density at radius 3 is 1.73 bits per heavy atom. The topological polar surface area (TPSA) is 43.4 Å². The fraction of sp³-hybridized carbons (Fsp3) is 0.333. The number of hydrogen-bond acceptors (Lipinski definition) is 3. The number of carbonyl (C=O) groups excluding carboxylic acids is 2. The van der Waals surface area contributed by atoms with Crippen molar-refractivity contribution in [3.05, 3.63) is 35.4 Å². The molecule has 0 aromatic heterocycles. The molecule has 0 aliphatic carbocycles. The van der Waals surface area contributed by atoms with Crippen LogP contribution in [0, 0.1) is 0 Å².